The van der Waals surface area contributed by atoms with Crippen molar-refractivity contribution in [1.82, 2.24) is 4.98 Å². The van der Waals surface area contributed by atoms with Crippen molar-refractivity contribution in [2.75, 3.05) is 62.4 Å². The van der Waals surface area contributed by atoms with Gasteiger partial charge in [-0.05, 0) is 0 Å². The maximum atomic E-state index is 9.37. The van der Waals surface area contributed by atoms with E-state index in [0.717, 1.165) is 37.7 Å². The summed E-state index contributed by atoms with van der Waals surface area (Å²) in [7, 11) is 0. The molecule has 0 saturated carbocycles. The fraction of sp³-hybridized carbons (Fsp3) is 0.571. The van der Waals surface area contributed by atoms with Gasteiger partial charge in [-0.15, -0.1) is 0 Å². The van der Waals surface area contributed by atoms with E-state index in [9.17, 15) is 5.26 Å². The maximum absolute atomic E-state index is 9.37. The van der Waals surface area contributed by atoms with Crippen LogP contribution < -0.4 is 9.80 Å². The molecule has 21 heavy (non-hydrogen) atoms. The van der Waals surface area contributed by atoms with Crippen LogP contribution in [0, 0.1) is 11.3 Å². The van der Waals surface area contributed by atoms with E-state index in [4.69, 9.17) is 21.1 Å². The van der Waals surface area contributed by atoms with Gasteiger partial charge in [-0.1, -0.05) is 11.6 Å². The van der Waals surface area contributed by atoms with E-state index in [-0.39, 0.29) is 5.15 Å². The molecule has 0 aromatic carbocycles. The Morgan fingerprint density at radius 2 is 1.62 bits per heavy atom. The quantitative estimate of drug-likeness (QED) is 0.767. The van der Waals surface area contributed by atoms with Crippen LogP contribution in [-0.2, 0) is 9.47 Å². The summed E-state index contributed by atoms with van der Waals surface area (Å²) in [5, 5.41) is 9.63. The van der Waals surface area contributed by atoms with Crippen molar-refractivity contribution in [3.05, 3.63) is 16.8 Å². The van der Waals surface area contributed by atoms with Crippen LogP contribution in [-0.4, -0.2) is 57.6 Å². The minimum absolute atomic E-state index is 0.267. The van der Waals surface area contributed by atoms with Gasteiger partial charge in [0.05, 0.1) is 32.1 Å². The van der Waals surface area contributed by atoms with Crippen molar-refractivity contribution in [2.45, 2.75) is 0 Å². The van der Waals surface area contributed by atoms with E-state index in [0.29, 0.717) is 32.0 Å². The third kappa shape index (κ3) is 3.05. The molecule has 1 aromatic heterocycles. The highest BCUT2D eigenvalue weighted by Crippen LogP contribution is 2.31. The summed E-state index contributed by atoms with van der Waals surface area (Å²) < 4.78 is 10.7. The van der Waals surface area contributed by atoms with Gasteiger partial charge in [0.1, 0.15) is 17.5 Å². The molecule has 3 rings (SSSR count). The first kappa shape index (κ1) is 14.4. The second-order valence-electron chi connectivity index (χ2n) is 4.98. The Kier molecular flexibility index (Phi) is 4.44. The van der Waals surface area contributed by atoms with Crippen molar-refractivity contribution >= 4 is 23.1 Å². The molecule has 6 nitrogen and oxygen atoms in total. The fourth-order valence-electron chi connectivity index (χ4n) is 2.60. The lowest BCUT2D eigenvalue weighted by molar-refractivity contribution is 0.122. The summed E-state index contributed by atoms with van der Waals surface area (Å²) in [6, 6.07) is 4.13. The van der Waals surface area contributed by atoms with E-state index >= 15 is 0 Å². The lowest BCUT2D eigenvalue weighted by Crippen LogP contribution is -2.38. The molecule has 3 heterocycles. The van der Waals surface area contributed by atoms with Gasteiger partial charge in [0.15, 0.2) is 5.15 Å². The molecular weight excluding hydrogens is 292 g/mol. The first-order valence-electron chi connectivity index (χ1n) is 7.05. The highest BCUT2D eigenvalue weighted by Gasteiger charge is 2.21. The Balaban J connectivity index is 1.95. The number of aromatic nitrogens is 1. The normalized spacial score (nSPS) is 19.4. The molecule has 0 aliphatic carbocycles. The molecule has 0 N–H and O–H groups in total. The summed E-state index contributed by atoms with van der Waals surface area (Å²) in [5.41, 5.74) is 1.29. The molecule has 0 amide bonds. The van der Waals surface area contributed by atoms with Crippen LogP contribution in [0.4, 0.5) is 11.5 Å². The molecule has 2 fully saturated rings. The lowest BCUT2D eigenvalue weighted by atomic mass is 10.2. The number of nitriles is 1. The first-order chi connectivity index (χ1) is 10.3. The Bertz CT molecular complexity index is 549. The van der Waals surface area contributed by atoms with Crippen LogP contribution in [0.2, 0.25) is 5.15 Å². The average Bonchev–Trinajstić information content (AvgIpc) is 2.55. The number of ether oxygens (including phenoxy) is 2. The SMILES string of the molecule is N#Cc1c(N2CCOCC2)cc(N2CCOCC2)nc1Cl. The highest BCUT2D eigenvalue weighted by molar-refractivity contribution is 6.31. The monoisotopic (exact) mass is 308 g/mol. The summed E-state index contributed by atoms with van der Waals surface area (Å²) in [5.74, 6) is 0.809. The molecule has 1 aromatic rings. The topological polar surface area (TPSA) is 61.6 Å². The zero-order chi connectivity index (χ0) is 14.7. The summed E-state index contributed by atoms with van der Waals surface area (Å²) in [6.07, 6.45) is 0. The second-order valence-corrected chi connectivity index (χ2v) is 5.33. The molecule has 2 aliphatic rings. The number of anilines is 2. The number of halogens is 1. The number of hydrogen-bond donors (Lipinski definition) is 0. The van der Waals surface area contributed by atoms with Crippen molar-refractivity contribution in [3.8, 4) is 6.07 Å². The zero-order valence-electron chi connectivity index (χ0n) is 11.7. The Hall–Kier alpha value is -1.55. The molecule has 0 bridgehead atoms. The van der Waals surface area contributed by atoms with E-state index in [2.05, 4.69) is 20.9 Å². The molecule has 0 atom stereocenters. The summed E-state index contributed by atoms with van der Waals surface area (Å²) in [6.45, 7) is 5.80. The predicted molar refractivity (Wildman–Crippen MR) is 80.0 cm³/mol. The fourth-order valence-corrected chi connectivity index (χ4v) is 2.83. The molecular formula is C14H17ClN4O2. The Labute approximate surface area is 128 Å². The summed E-state index contributed by atoms with van der Waals surface area (Å²) >= 11 is 6.22. The number of morpholine rings is 2. The van der Waals surface area contributed by atoms with E-state index in [1.165, 1.54) is 0 Å². The molecule has 112 valence electrons. The Morgan fingerprint density at radius 3 is 2.19 bits per heavy atom. The number of pyridine rings is 1. The van der Waals surface area contributed by atoms with Gasteiger partial charge >= 0.3 is 0 Å². The van der Waals surface area contributed by atoms with Gasteiger partial charge in [0.25, 0.3) is 0 Å². The van der Waals surface area contributed by atoms with Gasteiger partial charge in [-0.3, -0.25) is 0 Å². The predicted octanol–water partition coefficient (Wildman–Crippen LogP) is 1.28. The van der Waals surface area contributed by atoms with Crippen LogP contribution in [0.25, 0.3) is 0 Å². The zero-order valence-corrected chi connectivity index (χ0v) is 12.5. The molecule has 2 aliphatic heterocycles. The lowest BCUT2D eigenvalue weighted by Gasteiger charge is -2.32. The number of hydrogen-bond acceptors (Lipinski definition) is 6. The van der Waals surface area contributed by atoms with Crippen LogP contribution in [0.1, 0.15) is 5.56 Å². The standard InChI is InChI=1S/C14H17ClN4O2/c15-14-11(10-16)12(18-1-5-20-6-2-18)9-13(17-14)19-3-7-21-8-4-19/h9H,1-8H2. The third-order valence-electron chi connectivity index (χ3n) is 3.74. The van der Waals surface area contributed by atoms with E-state index in [1.54, 1.807) is 0 Å². The summed E-state index contributed by atoms with van der Waals surface area (Å²) in [4.78, 5) is 8.66. The first-order valence-corrected chi connectivity index (χ1v) is 7.43. The van der Waals surface area contributed by atoms with Crippen molar-refractivity contribution < 1.29 is 9.47 Å². The van der Waals surface area contributed by atoms with Crippen molar-refractivity contribution in [3.63, 3.8) is 0 Å². The molecule has 0 spiro atoms. The maximum Gasteiger partial charge on any atom is 0.151 e. The van der Waals surface area contributed by atoms with Crippen LogP contribution in [0.3, 0.4) is 0 Å². The largest absolute Gasteiger partial charge is 0.378 e. The number of nitrogens with zero attached hydrogens (tertiary/aromatic N) is 4. The van der Waals surface area contributed by atoms with E-state index in [1.807, 2.05) is 6.07 Å². The minimum Gasteiger partial charge on any atom is -0.378 e. The number of rotatable bonds is 2. The van der Waals surface area contributed by atoms with Gasteiger partial charge in [0, 0.05) is 32.2 Å². The molecule has 0 radical (unpaired) electrons. The smallest absolute Gasteiger partial charge is 0.151 e. The molecule has 7 heteroatoms. The van der Waals surface area contributed by atoms with Gasteiger partial charge < -0.3 is 19.3 Å². The second kappa shape index (κ2) is 6.48. The van der Waals surface area contributed by atoms with Gasteiger partial charge in [0.2, 0.25) is 0 Å². The average molecular weight is 309 g/mol. The van der Waals surface area contributed by atoms with E-state index < -0.39 is 0 Å². The molecule has 0 unspecified atom stereocenters. The van der Waals surface area contributed by atoms with Gasteiger partial charge in [-0.2, -0.15) is 5.26 Å². The van der Waals surface area contributed by atoms with Crippen molar-refractivity contribution in [2.24, 2.45) is 0 Å². The van der Waals surface area contributed by atoms with Crippen molar-refractivity contribution in [1.29, 1.82) is 5.26 Å². The Morgan fingerprint density at radius 1 is 1.05 bits per heavy atom. The molecule has 2 saturated heterocycles. The van der Waals surface area contributed by atoms with Crippen LogP contribution >= 0.6 is 11.6 Å². The minimum atomic E-state index is 0.267. The van der Waals surface area contributed by atoms with Crippen LogP contribution in [0.5, 0.6) is 0 Å². The highest BCUT2D eigenvalue weighted by atomic mass is 35.5. The third-order valence-corrected chi connectivity index (χ3v) is 4.01. The van der Waals surface area contributed by atoms with Gasteiger partial charge in [-0.25, -0.2) is 4.98 Å². The van der Waals surface area contributed by atoms with Crippen LogP contribution in [0.15, 0.2) is 6.07 Å².